The number of carboxylic acid groups (broad SMARTS) is 1. The van der Waals surface area contributed by atoms with Gasteiger partial charge in [-0.25, -0.2) is 4.79 Å². The van der Waals surface area contributed by atoms with Crippen molar-refractivity contribution in [1.82, 2.24) is 4.90 Å². The summed E-state index contributed by atoms with van der Waals surface area (Å²) in [6, 6.07) is 0. The fraction of sp³-hybridized carbons (Fsp3) is 0.667. The molecule has 1 N–H and O–H groups in total. The summed E-state index contributed by atoms with van der Waals surface area (Å²) in [6.45, 7) is -3.13. The zero-order chi connectivity index (χ0) is 11.1. The first kappa shape index (κ1) is 10.7. The molecule has 0 aromatic carbocycles. The van der Waals surface area contributed by atoms with Gasteiger partial charge in [-0.15, -0.1) is 0 Å². The summed E-state index contributed by atoms with van der Waals surface area (Å²) in [7, 11) is 0. The van der Waals surface area contributed by atoms with Gasteiger partial charge >= 0.3 is 23.7 Å². The number of amides is 1. The maximum atomic E-state index is 12.5. The first-order chi connectivity index (χ1) is 6.17. The molecule has 0 saturated carbocycles. The van der Waals surface area contributed by atoms with Crippen LogP contribution in [0.2, 0.25) is 0 Å². The lowest BCUT2D eigenvalue weighted by Gasteiger charge is -2.14. The maximum absolute atomic E-state index is 12.5. The number of carbonyl (C=O) groups excluding carboxylic acids is 1. The van der Waals surface area contributed by atoms with Gasteiger partial charge in [0.15, 0.2) is 0 Å². The molecule has 0 radical (unpaired) electrons. The molecule has 4 nitrogen and oxygen atoms in total. The summed E-state index contributed by atoms with van der Waals surface area (Å²) < 4.78 is 49.8. The first-order valence-corrected chi connectivity index (χ1v) is 3.45. The second-order valence-corrected chi connectivity index (χ2v) is 2.88. The predicted octanol–water partition coefficient (Wildman–Crippen LogP) is 0.184. The van der Waals surface area contributed by atoms with Gasteiger partial charge in [0.2, 0.25) is 0 Å². The number of hydrogen-bond acceptors (Lipinski definition) is 2. The Hall–Kier alpha value is -1.34. The number of carboxylic acids is 1. The molecule has 0 unspecified atom stereocenters. The van der Waals surface area contributed by atoms with Crippen LogP contribution in [-0.2, 0) is 9.59 Å². The number of nitrogens with zero attached hydrogens (tertiary/aromatic N) is 1. The van der Waals surface area contributed by atoms with Gasteiger partial charge in [0.25, 0.3) is 0 Å². The van der Waals surface area contributed by atoms with Crippen molar-refractivity contribution in [1.29, 1.82) is 0 Å². The van der Waals surface area contributed by atoms with Crippen molar-refractivity contribution in [3.63, 3.8) is 0 Å². The number of aliphatic carboxylic acids is 1. The fourth-order valence-electron chi connectivity index (χ4n) is 1.05. The van der Waals surface area contributed by atoms with Crippen LogP contribution in [0.1, 0.15) is 0 Å². The number of halogens is 4. The van der Waals surface area contributed by atoms with E-state index >= 15 is 0 Å². The van der Waals surface area contributed by atoms with Crippen LogP contribution in [0.4, 0.5) is 17.6 Å². The van der Waals surface area contributed by atoms with Gasteiger partial charge in [-0.2, -0.15) is 17.6 Å². The van der Waals surface area contributed by atoms with Gasteiger partial charge in [0.1, 0.15) is 0 Å². The summed E-state index contributed by atoms with van der Waals surface area (Å²) in [5.41, 5.74) is 0. The van der Waals surface area contributed by atoms with Crippen LogP contribution in [0.5, 0.6) is 0 Å². The Morgan fingerprint density at radius 2 is 1.43 bits per heavy atom. The van der Waals surface area contributed by atoms with Gasteiger partial charge in [-0.1, -0.05) is 0 Å². The zero-order valence-electron chi connectivity index (χ0n) is 6.64. The quantitative estimate of drug-likeness (QED) is 0.463. The van der Waals surface area contributed by atoms with E-state index in [4.69, 9.17) is 5.11 Å². The van der Waals surface area contributed by atoms with Gasteiger partial charge in [0.05, 0.1) is 13.1 Å². The minimum absolute atomic E-state index is 0.0810. The second kappa shape index (κ2) is 2.82. The highest BCUT2D eigenvalue weighted by Crippen LogP contribution is 2.40. The topological polar surface area (TPSA) is 57.6 Å². The lowest BCUT2D eigenvalue weighted by Crippen LogP contribution is -2.38. The zero-order valence-corrected chi connectivity index (χ0v) is 6.64. The van der Waals surface area contributed by atoms with E-state index in [-0.39, 0.29) is 4.90 Å². The van der Waals surface area contributed by atoms with Crippen molar-refractivity contribution in [3.05, 3.63) is 0 Å². The highest BCUT2D eigenvalue weighted by molar-refractivity contribution is 6.31. The fourth-order valence-corrected chi connectivity index (χ4v) is 1.05. The molecule has 1 heterocycles. The Bertz CT molecular complexity index is 275. The molecule has 1 saturated heterocycles. The molecule has 0 aromatic rings. The molecular formula is C6H5F4NO3. The third kappa shape index (κ3) is 1.51. The minimum Gasteiger partial charge on any atom is -0.474 e. The molecule has 8 heteroatoms. The van der Waals surface area contributed by atoms with Crippen LogP contribution in [0.15, 0.2) is 0 Å². The van der Waals surface area contributed by atoms with E-state index in [1.54, 1.807) is 0 Å². The molecule has 0 aliphatic carbocycles. The van der Waals surface area contributed by atoms with E-state index in [0.717, 1.165) is 0 Å². The molecular weight excluding hydrogens is 210 g/mol. The number of likely N-dealkylation sites (tertiary alicyclic amines) is 1. The Labute approximate surface area is 75.1 Å². The normalized spacial score (nSPS) is 23.6. The van der Waals surface area contributed by atoms with Crippen molar-refractivity contribution < 1.29 is 32.3 Å². The van der Waals surface area contributed by atoms with Crippen molar-refractivity contribution in [3.8, 4) is 0 Å². The van der Waals surface area contributed by atoms with Gasteiger partial charge in [-0.3, -0.25) is 4.79 Å². The number of rotatable bonds is 0. The molecule has 0 atom stereocenters. The monoisotopic (exact) mass is 215 g/mol. The number of carbonyl (C=O) groups is 2. The third-order valence-electron chi connectivity index (χ3n) is 1.78. The van der Waals surface area contributed by atoms with Crippen LogP contribution in [0.25, 0.3) is 0 Å². The Morgan fingerprint density at radius 3 is 1.71 bits per heavy atom. The van der Waals surface area contributed by atoms with Crippen LogP contribution in [-0.4, -0.2) is 46.8 Å². The van der Waals surface area contributed by atoms with Crippen molar-refractivity contribution in [2.75, 3.05) is 13.1 Å². The summed E-state index contributed by atoms with van der Waals surface area (Å²) in [5, 5.41) is 8.10. The SMILES string of the molecule is O=C(O)C(=O)N1CC(F)(F)C(F)(F)C1. The predicted molar refractivity (Wildman–Crippen MR) is 34.1 cm³/mol. The number of alkyl halides is 4. The molecule has 0 spiro atoms. The van der Waals surface area contributed by atoms with Crippen molar-refractivity contribution >= 4 is 11.9 Å². The first-order valence-electron chi connectivity index (χ1n) is 3.45. The molecule has 1 amide bonds. The summed E-state index contributed by atoms with van der Waals surface area (Å²) in [4.78, 5) is 20.5. The molecule has 80 valence electrons. The van der Waals surface area contributed by atoms with Crippen LogP contribution < -0.4 is 0 Å². The van der Waals surface area contributed by atoms with E-state index in [0.29, 0.717) is 0 Å². The van der Waals surface area contributed by atoms with Gasteiger partial charge in [-0.05, 0) is 0 Å². The Morgan fingerprint density at radius 1 is 1.07 bits per heavy atom. The maximum Gasteiger partial charge on any atom is 0.394 e. The largest absolute Gasteiger partial charge is 0.474 e. The molecule has 1 rings (SSSR count). The third-order valence-corrected chi connectivity index (χ3v) is 1.78. The molecule has 0 aromatic heterocycles. The summed E-state index contributed by atoms with van der Waals surface area (Å²) in [6.07, 6.45) is 0. The number of hydrogen-bond donors (Lipinski definition) is 1. The lowest BCUT2D eigenvalue weighted by molar-refractivity contribution is -0.172. The van der Waals surface area contributed by atoms with Gasteiger partial charge < -0.3 is 10.0 Å². The van der Waals surface area contributed by atoms with Crippen LogP contribution >= 0.6 is 0 Å². The molecule has 0 bridgehead atoms. The van der Waals surface area contributed by atoms with Gasteiger partial charge in [0, 0.05) is 0 Å². The van der Waals surface area contributed by atoms with Crippen molar-refractivity contribution in [2.45, 2.75) is 11.8 Å². The molecule has 1 aliphatic heterocycles. The smallest absolute Gasteiger partial charge is 0.394 e. The van der Waals surface area contributed by atoms with E-state index < -0.39 is 36.8 Å². The minimum atomic E-state index is -4.36. The Kier molecular flexibility index (Phi) is 2.17. The highest BCUT2D eigenvalue weighted by atomic mass is 19.3. The van der Waals surface area contributed by atoms with E-state index in [1.165, 1.54) is 0 Å². The van der Waals surface area contributed by atoms with E-state index in [1.807, 2.05) is 0 Å². The average molecular weight is 215 g/mol. The van der Waals surface area contributed by atoms with Crippen LogP contribution in [0.3, 0.4) is 0 Å². The van der Waals surface area contributed by atoms with E-state index in [2.05, 4.69) is 0 Å². The molecule has 1 aliphatic rings. The highest BCUT2D eigenvalue weighted by Gasteiger charge is 2.64. The van der Waals surface area contributed by atoms with E-state index in [9.17, 15) is 27.2 Å². The summed E-state index contributed by atoms with van der Waals surface area (Å²) >= 11 is 0. The molecule has 1 fully saturated rings. The standard InChI is InChI=1S/C6H5F4NO3/c7-5(8)1-11(2-6(5,9)10)3(12)4(13)14/h1-2H2,(H,13,14). The average Bonchev–Trinajstić information content (AvgIpc) is 2.20. The van der Waals surface area contributed by atoms with Crippen molar-refractivity contribution in [2.24, 2.45) is 0 Å². The summed E-state index contributed by atoms with van der Waals surface area (Å²) in [5.74, 6) is -12.5. The molecule has 14 heavy (non-hydrogen) atoms. The Balaban J connectivity index is 2.83. The second-order valence-electron chi connectivity index (χ2n) is 2.88. The lowest BCUT2D eigenvalue weighted by atomic mass is 10.2. The van der Waals surface area contributed by atoms with Crippen LogP contribution in [0, 0.1) is 0 Å².